The van der Waals surface area contributed by atoms with Gasteiger partial charge in [0.2, 0.25) is 0 Å². The topological polar surface area (TPSA) is 63.4 Å². The Bertz CT molecular complexity index is 605. The molecule has 0 fully saturated rings. The first-order valence-corrected chi connectivity index (χ1v) is 6.14. The molecule has 2 aromatic rings. The van der Waals surface area contributed by atoms with E-state index in [-0.39, 0.29) is 17.9 Å². The van der Waals surface area contributed by atoms with Gasteiger partial charge < -0.3 is 5.11 Å². The van der Waals surface area contributed by atoms with Gasteiger partial charge in [0.15, 0.2) is 0 Å². The van der Waals surface area contributed by atoms with E-state index in [0.29, 0.717) is 5.56 Å². The molecule has 0 saturated heterocycles. The molecule has 0 aliphatic rings. The maximum Gasteiger partial charge on any atom is 0.269 e. The van der Waals surface area contributed by atoms with Crippen LogP contribution in [-0.2, 0) is 6.42 Å². The Morgan fingerprint density at radius 2 is 1.90 bits per heavy atom. The molecule has 1 atom stereocenters. The van der Waals surface area contributed by atoms with Gasteiger partial charge in [-0.3, -0.25) is 10.1 Å². The fourth-order valence-electron chi connectivity index (χ4n) is 2.05. The third-order valence-corrected chi connectivity index (χ3v) is 3.03. The van der Waals surface area contributed by atoms with Gasteiger partial charge in [-0.2, -0.15) is 0 Å². The molecular formula is C15H14FNO3. The fraction of sp³-hybridized carbons (Fsp3) is 0.200. The maximum atomic E-state index is 13.3. The second kappa shape index (κ2) is 5.79. The highest BCUT2D eigenvalue weighted by atomic mass is 19.1. The summed E-state index contributed by atoms with van der Waals surface area (Å²) in [4.78, 5) is 10.1. The van der Waals surface area contributed by atoms with E-state index < -0.39 is 11.0 Å². The van der Waals surface area contributed by atoms with Crippen molar-refractivity contribution in [1.82, 2.24) is 0 Å². The molecule has 2 rings (SSSR count). The lowest BCUT2D eigenvalue weighted by Crippen LogP contribution is -2.03. The Labute approximate surface area is 115 Å². The van der Waals surface area contributed by atoms with Crippen LogP contribution in [0.4, 0.5) is 10.1 Å². The van der Waals surface area contributed by atoms with Crippen molar-refractivity contribution in [2.24, 2.45) is 0 Å². The number of non-ortho nitro benzene ring substituents is 1. The van der Waals surface area contributed by atoms with E-state index in [9.17, 15) is 19.6 Å². The number of aryl methyl sites for hydroxylation is 1. The minimum atomic E-state index is -0.842. The average Bonchev–Trinajstić information content (AvgIpc) is 2.38. The van der Waals surface area contributed by atoms with E-state index >= 15 is 0 Å². The minimum Gasteiger partial charge on any atom is -0.388 e. The van der Waals surface area contributed by atoms with Crippen LogP contribution < -0.4 is 0 Å². The summed E-state index contributed by atoms with van der Waals surface area (Å²) in [5.74, 6) is -0.386. The summed E-state index contributed by atoms with van der Waals surface area (Å²) in [5, 5.41) is 20.6. The van der Waals surface area contributed by atoms with Gasteiger partial charge in [-0.15, -0.1) is 0 Å². The summed E-state index contributed by atoms with van der Waals surface area (Å²) in [5.41, 5.74) is 2.00. The SMILES string of the molecule is Cc1cc(F)cc(C(O)Cc2ccc([N+](=O)[O-])cc2)c1. The first kappa shape index (κ1) is 14.1. The molecule has 104 valence electrons. The second-order valence-electron chi connectivity index (χ2n) is 4.71. The monoisotopic (exact) mass is 275 g/mol. The van der Waals surface area contributed by atoms with Crippen molar-refractivity contribution in [3.63, 3.8) is 0 Å². The Morgan fingerprint density at radius 1 is 1.25 bits per heavy atom. The highest BCUT2D eigenvalue weighted by Gasteiger charge is 2.11. The van der Waals surface area contributed by atoms with E-state index in [1.54, 1.807) is 25.1 Å². The summed E-state index contributed by atoms with van der Waals surface area (Å²) in [6.45, 7) is 1.76. The third-order valence-electron chi connectivity index (χ3n) is 3.03. The average molecular weight is 275 g/mol. The normalized spacial score (nSPS) is 12.2. The lowest BCUT2D eigenvalue weighted by atomic mass is 10.00. The fourth-order valence-corrected chi connectivity index (χ4v) is 2.05. The number of hydrogen-bond donors (Lipinski definition) is 1. The number of benzene rings is 2. The number of aliphatic hydroxyl groups is 1. The molecule has 4 nitrogen and oxygen atoms in total. The van der Waals surface area contributed by atoms with Crippen LogP contribution in [0.5, 0.6) is 0 Å². The number of aliphatic hydroxyl groups excluding tert-OH is 1. The van der Waals surface area contributed by atoms with Gasteiger partial charge in [0, 0.05) is 18.6 Å². The van der Waals surface area contributed by atoms with Crippen LogP contribution >= 0.6 is 0 Å². The Balaban J connectivity index is 2.14. The zero-order valence-electron chi connectivity index (χ0n) is 10.9. The number of hydrogen-bond acceptors (Lipinski definition) is 3. The molecule has 1 N–H and O–H groups in total. The molecule has 0 bridgehead atoms. The van der Waals surface area contributed by atoms with Crippen molar-refractivity contribution in [1.29, 1.82) is 0 Å². The molecule has 20 heavy (non-hydrogen) atoms. The van der Waals surface area contributed by atoms with E-state index in [2.05, 4.69) is 0 Å². The number of halogens is 1. The highest BCUT2D eigenvalue weighted by Crippen LogP contribution is 2.22. The minimum absolute atomic E-state index is 0.00448. The molecule has 0 heterocycles. The van der Waals surface area contributed by atoms with Crippen molar-refractivity contribution >= 4 is 5.69 Å². The summed E-state index contributed by atoms with van der Waals surface area (Å²) < 4.78 is 13.3. The lowest BCUT2D eigenvalue weighted by Gasteiger charge is -2.12. The van der Waals surface area contributed by atoms with E-state index in [0.717, 1.165) is 11.1 Å². The number of nitro benzene ring substituents is 1. The zero-order chi connectivity index (χ0) is 14.7. The Kier molecular flexibility index (Phi) is 4.10. The van der Waals surface area contributed by atoms with Crippen LogP contribution in [-0.4, -0.2) is 10.0 Å². The molecule has 0 amide bonds. The van der Waals surface area contributed by atoms with Crippen molar-refractivity contribution in [2.45, 2.75) is 19.4 Å². The number of nitro groups is 1. The van der Waals surface area contributed by atoms with Gasteiger partial charge in [0.25, 0.3) is 5.69 Å². The van der Waals surface area contributed by atoms with Crippen LogP contribution in [0.15, 0.2) is 42.5 Å². The molecule has 0 aliphatic heterocycles. The predicted octanol–water partition coefficient (Wildman–Crippen LogP) is 3.32. The smallest absolute Gasteiger partial charge is 0.269 e. The van der Waals surface area contributed by atoms with Gasteiger partial charge >= 0.3 is 0 Å². The van der Waals surface area contributed by atoms with Gasteiger partial charge in [0.05, 0.1) is 11.0 Å². The third kappa shape index (κ3) is 3.39. The molecular weight excluding hydrogens is 261 g/mol. The van der Waals surface area contributed by atoms with E-state index in [1.807, 2.05) is 0 Å². The molecule has 0 radical (unpaired) electrons. The van der Waals surface area contributed by atoms with Crippen molar-refractivity contribution in [2.75, 3.05) is 0 Å². The van der Waals surface area contributed by atoms with E-state index in [4.69, 9.17) is 0 Å². The van der Waals surface area contributed by atoms with Crippen LogP contribution in [0.2, 0.25) is 0 Å². The van der Waals surface area contributed by atoms with Crippen molar-refractivity contribution < 1.29 is 14.4 Å². The molecule has 0 saturated carbocycles. The Morgan fingerprint density at radius 3 is 2.45 bits per heavy atom. The molecule has 5 heteroatoms. The second-order valence-corrected chi connectivity index (χ2v) is 4.71. The first-order valence-electron chi connectivity index (χ1n) is 6.14. The van der Waals surface area contributed by atoms with Crippen LogP contribution in [0.1, 0.15) is 22.8 Å². The molecule has 0 spiro atoms. The van der Waals surface area contributed by atoms with Crippen LogP contribution in [0, 0.1) is 22.9 Å². The molecule has 1 unspecified atom stereocenters. The zero-order valence-corrected chi connectivity index (χ0v) is 10.9. The first-order chi connectivity index (χ1) is 9.45. The summed E-state index contributed by atoms with van der Waals surface area (Å²) >= 11 is 0. The van der Waals surface area contributed by atoms with Gasteiger partial charge in [-0.05, 0) is 35.7 Å². The summed E-state index contributed by atoms with van der Waals surface area (Å²) in [7, 11) is 0. The molecule has 2 aromatic carbocycles. The van der Waals surface area contributed by atoms with Gasteiger partial charge in [-0.1, -0.05) is 18.2 Å². The Hall–Kier alpha value is -2.27. The standard InChI is InChI=1S/C15H14FNO3/c1-10-6-12(9-13(16)7-10)15(18)8-11-2-4-14(5-3-11)17(19)20/h2-7,9,15,18H,8H2,1H3. The number of rotatable bonds is 4. The maximum absolute atomic E-state index is 13.3. The van der Waals surface area contributed by atoms with Gasteiger partial charge in [0.1, 0.15) is 5.82 Å². The van der Waals surface area contributed by atoms with Crippen LogP contribution in [0.25, 0.3) is 0 Å². The van der Waals surface area contributed by atoms with Crippen molar-refractivity contribution in [3.8, 4) is 0 Å². The van der Waals surface area contributed by atoms with Crippen LogP contribution in [0.3, 0.4) is 0 Å². The summed E-state index contributed by atoms with van der Waals surface area (Å²) in [6.07, 6.45) is -0.563. The predicted molar refractivity (Wildman–Crippen MR) is 72.9 cm³/mol. The molecule has 0 aliphatic carbocycles. The molecule has 0 aromatic heterocycles. The summed E-state index contributed by atoms with van der Waals surface area (Å²) in [6, 6.07) is 10.4. The quantitative estimate of drug-likeness (QED) is 0.687. The van der Waals surface area contributed by atoms with E-state index in [1.165, 1.54) is 24.3 Å². The highest BCUT2D eigenvalue weighted by molar-refractivity contribution is 5.34. The lowest BCUT2D eigenvalue weighted by molar-refractivity contribution is -0.384. The largest absolute Gasteiger partial charge is 0.388 e. The van der Waals surface area contributed by atoms with Gasteiger partial charge in [-0.25, -0.2) is 4.39 Å². The van der Waals surface area contributed by atoms with Crippen molar-refractivity contribution in [3.05, 3.63) is 75.1 Å². The number of nitrogens with zero attached hydrogens (tertiary/aromatic N) is 1.